The summed E-state index contributed by atoms with van der Waals surface area (Å²) in [6, 6.07) is 21.4. The zero-order chi connectivity index (χ0) is 17.6. The van der Waals surface area contributed by atoms with Gasteiger partial charge in [-0.1, -0.05) is 0 Å². The third-order valence-electron chi connectivity index (χ3n) is 4.35. The molecule has 0 N–H and O–H groups in total. The van der Waals surface area contributed by atoms with Crippen LogP contribution in [0.2, 0.25) is 18.6 Å². The van der Waals surface area contributed by atoms with Crippen LogP contribution in [0.4, 0.5) is 0 Å². The van der Waals surface area contributed by atoms with Gasteiger partial charge in [0.25, 0.3) is 0 Å². The van der Waals surface area contributed by atoms with E-state index in [1.54, 1.807) is 0 Å². The molecule has 0 radical (unpaired) electrons. The molecule has 0 amide bonds. The summed E-state index contributed by atoms with van der Waals surface area (Å²) in [6.45, 7) is 11.5. The fraction of sp³-hybridized carbons (Fsp3) is 0.333. The molecule has 0 aliphatic carbocycles. The summed E-state index contributed by atoms with van der Waals surface area (Å²) in [7, 11) is -1.77. The maximum absolute atomic E-state index is 6.74. The van der Waals surface area contributed by atoms with Crippen LogP contribution in [0.1, 0.15) is 32.8 Å². The van der Waals surface area contributed by atoms with E-state index in [1.165, 1.54) is 14.5 Å². The summed E-state index contributed by atoms with van der Waals surface area (Å²) in [5.41, 5.74) is 1.80. The molecule has 0 aliphatic heterocycles. The molecule has 1 nitrogen and oxygen atoms in total. The zero-order valence-electron chi connectivity index (χ0n) is 15.4. The molecule has 0 heterocycles. The fourth-order valence-electron chi connectivity index (χ4n) is 2.16. The molecule has 0 saturated heterocycles. The van der Waals surface area contributed by atoms with Crippen molar-refractivity contribution in [2.24, 2.45) is 0 Å². The van der Waals surface area contributed by atoms with Crippen molar-refractivity contribution in [1.29, 1.82) is 0 Å². The molecule has 0 spiro atoms. The van der Waals surface area contributed by atoms with Gasteiger partial charge in [-0.15, -0.1) is 0 Å². The molecule has 0 aromatic heterocycles. The van der Waals surface area contributed by atoms with Gasteiger partial charge in [-0.2, -0.15) is 0 Å². The molecule has 2 aromatic carbocycles. The van der Waals surface area contributed by atoms with Crippen molar-refractivity contribution >= 4 is 33.5 Å². The van der Waals surface area contributed by atoms with E-state index < -0.39 is 8.32 Å². The van der Waals surface area contributed by atoms with Crippen LogP contribution < -0.4 is 4.46 Å². The van der Waals surface area contributed by atoms with E-state index in [2.05, 4.69) is 94.5 Å². The minimum atomic E-state index is -1.77. The van der Waals surface area contributed by atoms with Gasteiger partial charge in [-0.3, -0.25) is 0 Å². The van der Waals surface area contributed by atoms with Crippen LogP contribution in [0, 0.1) is 0 Å². The maximum atomic E-state index is 6.74. The number of hydrogen-bond donors (Lipinski definition) is 0. The molecule has 24 heavy (non-hydrogen) atoms. The number of benzene rings is 2. The fourth-order valence-corrected chi connectivity index (χ4v) is 5.37. The van der Waals surface area contributed by atoms with Crippen molar-refractivity contribution < 1.29 is 4.43 Å². The Labute approximate surface area is 154 Å². The second-order valence-electron chi connectivity index (χ2n) is 6.75. The summed E-state index contributed by atoms with van der Waals surface area (Å²) in [4.78, 5) is 0. The van der Waals surface area contributed by atoms with Crippen molar-refractivity contribution in [3.05, 3.63) is 70.7 Å². The predicted molar refractivity (Wildman–Crippen MR) is 109 cm³/mol. The molecule has 0 atom stereocenters. The van der Waals surface area contributed by atoms with Crippen molar-refractivity contribution in [3.8, 4) is 0 Å². The summed E-state index contributed by atoms with van der Waals surface area (Å²) < 4.78 is 9.60. The van der Waals surface area contributed by atoms with Gasteiger partial charge in [0.2, 0.25) is 0 Å². The standard InChI is InChI=1S/C21H28OSeSi/c1-6-20(23-19-15-11-8-12-16-19)21(18-13-9-7-10-14-18)22-24(4,5)17(2)3/h7-17H,6H2,1-5H3/b21-20-. The second kappa shape index (κ2) is 8.71. The molecule has 2 aromatic rings. The van der Waals surface area contributed by atoms with Crippen LogP contribution >= 0.6 is 0 Å². The van der Waals surface area contributed by atoms with Crippen LogP contribution in [-0.2, 0) is 4.43 Å². The van der Waals surface area contributed by atoms with Gasteiger partial charge in [-0.05, 0) is 0 Å². The molecule has 2 rings (SSSR count). The van der Waals surface area contributed by atoms with Crippen molar-refractivity contribution in [3.63, 3.8) is 0 Å². The average molecular weight is 404 g/mol. The molecule has 0 unspecified atom stereocenters. The Bertz CT molecular complexity index is 663. The Hall–Kier alpha value is -1.28. The number of allylic oxidation sites excluding steroid dienone is 1. The van der Waals surface area contributed by atoms with E-state index in [1.807, 2.05) is 0 Å². The van der Waals surface area contributed by atoms with Gasteiger partial charge in [0.05, 0.1) is 0 Å². The molecule has 128 valence electrons. The van der Waals surface area contributed by atoms with Crippen LogP contribution in [-0.4, -0.2) is 23.3 Å². The van der Waals surface area contributed by atoms with E-state index in [0.717, 1.165) is 12.2 Å². The molecular weight excluding hydrogens is 375 g/mol. The third-order valence-corrected chi connectivity index (χ3v) is 10.4. The van der Waals surface area contributed by atoms with Crippen molar-refractivity contribution in [2.75, 3.05) is 0 Å². The van der Waals surface area contributed by atoms with Crippen molar-refractivity contribution in [1.82, 2.24) is 0 Å². The Kier molecular flexibility index (Phi) is 6.91. The van der Waals surface area contributed by atoms with Gasteiger partial charge in [0, 0.05) is 0 Å². The third kappa shape index (κ3) is 5.11. The Balaban J connectivity index is 2.45. The minimum absolute atomic E-state index is 0.294. The van der Waals surface area contributed by atoms with Crippen LogP contribution in [0.3, 0.4) is 0 Å². The van der Waals surface area contributed by atoms with Gasteiger partial charge >= 0.3 is 154 Å². The quantitative estimate of drug-likeness (QED) is 0.443. The van der Waals surface area contributed by atoms with Crippen LogP contribution in [0.5, 0.6) is 0 Å². The summed E-state index contributed by atoms with van der Waals surface area (Å²) in [5.74, 6) is 1.13. The van der Waals surface area contributed by atoms with Gasteiger partial charge in [0.15, 0.2) is 0 Å². The molecule has 0 saturated carbocycles. The Morgan fingerprint density at radius 2 is 1.50 bits per heavy atom. The summed E-state index contributed by atoms with van der Waals surface area (Å²) in [6.07, 6.45) is 1.03. The molecule has 3 heteroatoms. The zero-order valence-corrected chi connectivity index (χ0v) is 18.1. The number of rotatable bonds is 7. The Morgan fingerprint density at radius 3 is 2.00 bits per heavy atom. The predicted octanol–water partition coefficient (Wildman–Crippen LogP) is 5.43. The van der Waals surface area contributed by atoms with E-state index in [9.17, 15) is 0 Å². The second-order valence-corrected chi connectivity index (χ2v) is 13.8. The SMILES string of the molecule is CC/C([Se]c1ccccc1)=C(/O[Si](C)(C)C(C)C)c1ccccc1. The average Bonchev–Trinajstić information content (AvgIpc) is 2.59. The Morgan fingerprint density at radius 1 is 0.958 bits per heavy atom. The molecule has 0 fully saturated rings. The summed E-state index contributed by atoms with van der Waals surface area (Å²) in [5, 5.41) is 0. The monoisotopic (exact) mass is 404 g/mol. The van der Waals surface area contributed by atoms with Gasteiger partial charge in [-0.25, -0.2) is 0 Å². The summed E-state index contributed by atoms with van der Waals surface area (Å²) >= 11 is 0.294. The van der Waals surface area contributed by atoms with Crippen LogP contribution in [0.25, 0.3) is 5.76 Å². The van der Waals surface area contributed by atoms with E-state index in [0.29, 0.717) is 20.5 Å². The molecular formula is C21H28OSeSi. The van der Waals surface area contributed by atoms with Gasteiger partial charge < -0.3 is 0 Å². The molecule has 0 bridgehead atoms. The number of hydrogen-bond acceptors (Lipinski definition) is 1. The topological polar surface area (TPSA) is 9.23 Å². The molecule has 0 aliphatic rings. The van der Waals surface area contributed by atoms with Crippen molar-refractivity contribution in [2.45, 2.75) is 45.8 Å². The first kappa shape index (κ1) is 19.0. The van der Waals surface area contributed by atoms with Crippen LogP contribution in [0.15, 0.2) is 65.1 Å². The van der Waals surface area contributed by atoms with E-state index in [4.69, 9.17) is 4.43 Å². The first-order valence-corrected chi connectivity index (χ1v) is 13.3. The normalized spacial score (nSPS) is 12.9. The first-order valence-electron chi connectivity index (χ1n) is 8.64. The van der Waals surface area contributed by atoms with E-state index in [-0.39, 0.29) is 0 Å². The van der Waals surface area contributed by atoms with Gasteiger partial charge in [0.1, 0.15) is 0 Å². The first-order chi connectivity index (χ1) is 11.4. The van der Waals surface area contributed by atoms with E-state index >= 15 is 0 Å².